The Morgan fingerprint density at radius 2 is 1.84 bits per heavy atom. The maximum absolute atomic E-state index is 14.1. The molecule has 3 aromatic heterocycles. The molecule has 0 fully saturated rings. The van der Waals surface area contributed by atoms with Crippen molar-refractivity contribution in [3.8, 4) is 22.8 Å². The number of carbonyl (C=O) groups is 1. The van der Waals surface area contributed by atoms with E-state index >= 15 is 0 Å². The van der Waals surface area contributed by atoms with Crippen molar-refractivity contribution in [2.45, 2.75) is 13.2 Å². The normalized spacial score (nSPS) is 11.0. The molecule has 5 rings (SSSR count). The molecule has 0 amide bonds. The van der Waals surface area contributed by atoms with Crippen molar-refractivity contribution in [1.29, 1.82) is 0 Å². The van der Waals surface area contributed by atoms with Gasteiger partial charge in [-0.15, -0.1) is 0 Å². The minimum atomic E-state index is -1.10. The lowest BCUT2D eigenvalue weighted by molar-refractivity contribution is 0.0691. The first-order valence-corrected chi connectivity index (χ1v) is 11.6. The molecule has 0 atom stereocenters. The van der Waals surface area contributed by atoms with Gasteiger partial charge in [-0.3, -0.25) is 0 Å². The second-order valence-corrected chi connectivity index (χ2v) is 8.59. The van der Waals surface area contributed by atoms with Crippen molar-refractivity contribution in [2.24, 2.45) is 7.05 Å². The van der Waals surface area contributed by atoms with E-state index in [1.165, 1.54) is 12.1 Å². The minimum absolute atomic E-state index is 0.0538. The third-order valence-electron chi connectivity index (χ3n) is 5.69. The fraction of sp³-hybridized carbons (Fsp3) is 0.111. The number of aryl methyl sites for hydroxylation is 1. The third kappa shape index (κ3) is 5.36. The number of halogens is 2. The van der Waals surface area contributed by atoms with Crippen LogP contribution in [0, 0.1) is 5.82 Å². The number of benzene rings is 2. The van der Waals surface area contributed by atoms with Gasteiger partial charge in [0.1, 0.15) is 36.1 Å². The van der Waals surface area contributed by atoms with Gasteiger partial charge in [0.25, 0.3) is 0 Å². The summed E-state index contributed by atoms with van der Waals surface area (Å²) >= 11 is 5.81. The summed E-state index contributed by atoms with van der Waals surface area (Å²) in [5.41, 5.74) is 3.10. The second kappa shape index (κ2) is 10.2. The summed E-state index contributed by atoms with van der Waals surface area (Å²) in [7, 11) is 1.75. The zero-order valence-electron chi connectivity index (χ0n) is 19.6. The average Bonchev–Trinajstić information content (AvgIpc) is 3.22. The summed E-state index contributed by atoms with van der Waals surface area (Å²) in [4.78, 5) is 24.1. The van der Waals surface area contributed by atoms with Gasteiger partial charge in [0.2, 0.25) is 5.88 Å². The number of hydrogen-bond donors (Lipinski definition) is 1. The minimum Gasteiger partial charge on any atom is -0.489 e. The van der Waals surface area contributed by atoms with Gasteiger partial charge in [0.05, 0.1) is 0 Å². The molecule has 0 saturated heterocycles. The zero-order chi connectivity index (χ0) is 25.9. The molecule has 1 N–H and O–H groups in total. The van der Waals surface area contributed by atoms with Crippen LogP contribution in [-0.2, 0) is 20.3 Å². The summed E-state index contributed by atoms with van der Waals surface area (Å²) in [5.74, 6) is 0.0197. The Kier molecular flexibility index (Phi) is 6.70. The van der Waals surface area contributed by atoms with Crippen LogP contribution < -0.4 is 9.47 Å². The smallest absolute Gasteiger partial charge is 0.354 e. The molecule has 0 radical (unpaired) electrons. The van der Waals surface area contributed by atoms with Crippen molar-refractivity contribution < 1.29 is 23.8 Å². The first-order chi connectivity index (χ1) is 17.9. The molecule has 0 saturated carbocycles. The van der Waals surface area contributed by atoms with Crippen LogP contribution in [-0.4, -0.2) is 30.6 Å². The number of rotatable bonds is 8. The van der Waals surface area contributed by atoms with E-state index in [9.17, 15) is 14.3 Å². The number of aromatic carboxylic acids is 1. The monoisotopic (exact) mass is 518 g/mol. The molecule has 0 aliphatic carbocycles. The predicted octanol–water partition coefficient (Wildman–Crippen LogP) is 5.68. The van der Waals surface area contributed by atoms with Crippen LogP contribution in [0.1, 0.15) is 21.9 Å². The number of carboxylic acid groups (broad SMARTS) is 1. The maximum atomic E-state index is 14.1. The van der Waals surface area contributed by atoms with Gasteiger partial charge in [-0.2, -0.15) is 0 Å². The fourth-order valence-electron chi connectivity index (χ4n) is 3.73. The van der Waals surface area contributed by atoms with E-state index in [0.29, 0.717) is 39.2 Å². The number of fused-ring (bicyclic) bond motifs is 1. The molecule has 2 aromatic carbocycles. The Balaban J connectivity index is 1.29. The lowest BCUT2D eigenvalue weighted by Crippen LogP contribution is -2.05. The van der Waals surface area contributed by atoms with Crippen LogP contribution in [0.4, 0.5) is 4.39 Å². The molecule has 0 bridgehead atoms. The first kappa shape index (κ1) is 24.2. The predicted molar refractivity (Wildman–Crippen MR) is 135 cm³/mol. The van der Waals surface area contributed by atoms with E-state index in [0.717, 1.165) is 11.1 Å². The van der Waals surface area contributed by atoms with Crippen LogP contribution >= 0.6 is 11.6 Å². The van der Waals surface area contributed by atoms with Crippen LogP contribution in [0.2, 0.25) is 5.02 Å². The molecular formula is C27H20ClFN4O4. The van der Waals surface area contributed by atoms with Gasteiger partial charge in [0, 0.05) is 29.9 Å². The lowest BCUT2D eigenvalue weighted by atomic mass is 10.1. The lowest BCUT2D eigenvalue weighted by Gasteiger charge is -2.10. The number of carboxylic acids is 1. The summed E-state index contributed by atoms with van der Waals surface area (Å²) < 4.78 is 27.4. The van der Waals surface area contributed by atoms with Crippen molar-refractivity contribution in [3.05, 3.63) is 101 Å². The standard InChI is InChI=1S/C27H20ClFN4O4/c1-33-24(31-22-7-8-23(27(34)35)32-26(22)33)15-37-25-12-17(9-10-30-25)16-3-2-4-20(11-16)36-14-18-5-6-19(28)13-21(18)29/h2-13H,14-15H2,1H3,(H,34,35). The Bertz CT molecular complexity index is 1620. The van der Waals surface area contributed by atoms with Crippen molar-refractivity contribution in [3.63, 3.8) is 0 Å². The zero-order valence-corrected chi connectivity index (χ0v) is 20.3. The molecule has 0 unspecified atom stereocenters. The molecule has 8 nitrogen and oxygen atoms in total. The molecule has 37 heavy (non-hydrogen) atoms. The molecular weight excluding hydrogens is 499 g/mol. The number of imidazole rings is 1. The van der Waals surface area contributed by atoms with E-state index in [1.54, 1.807) is 48.1 Å². The van der Waals surface area contributed by atoms with Gasteiger partial charge in [-0.05, 0) is 53.6 Å². The highest BCUT2D eigenvalue weighted by Crippen LogP contribution is 2.27. The van der Waals surface area contributed by atoms with Crippen LogP contribution in [0.25, 0.3) is 22.3 Å². The van der Waals surface area contributed by atoms with Crippen molar-refractivity contribution >= 4 is 28.7 Å². The fourth-order valence-corrected chi connectivity index (χ4v) is 3.89. The van der Waals surface area contributed by atoms with Gasteiger partial charge in [-0.25, -0.2) is 24.1 Å². The van der Waals surface area contributed by atoms with Gasteiger partial charge >= 0.3 is 5.97 Å². The number of pyridine rings is 2. The van der Waals surface area contributed by atoms with E-state index < -0.39 is 11.8 Å². The Labute approximate surface area is 215 Å². The Hall–Kier alpha value is -4.50. The number of aromatic nitrogens is 4. The first-order valence-electron chi connectivity index (χ1n) is 11.2. The SMILES string of the molecule is Cn1c(COc2cc(-c3cccc(OCc4ccc(Cl)cc4F)c3)ccn2)nc2ccc(C(=O)O)nc21. The van der Waals surface area contributed by atoms with E-state index in [4.69, 9.17) is 21.1 Å². The van der Waals surface area contributed by atoms with E-state index in [2.05, 4.69) is 15.0 Å². The van der Waals surface area contributed by atoms with Gasteiger partial charge < -0.3 is 19.1 Å². The molecule has 0 aliphatic rings. The Morgan fingerprint density at radius 3 is 2.65 bits per heavy atom. The summed E-state index contributed by atoms with van der Waals surface area (Å²) in [5, 5.41) is 9.51. The topological polar surface area (TPSA) is 99.4 Å². The van der Waals surface area contributed by atoms with Gasteiger partial charge in [-0.1, -0.05) is 29.8 Å². The number of nitrogens with zero attached hydrogens (tertiary/aromatic N) is 4. The van der Waals surface area contributed by atoms with Crippen LogP contribution in [0.5, 0.6) is 11.6 Å². The highest BCUT2D eigenvalue weighted by molar-refractivity contribution is 6.30. The molecule has 0 spiro atoms. The van der Waals surface area contributed by atoms with Crippen LogP contribution in [0.3, 0.4) is 0 Å². The molecule has 0 aliphatic heterocycles. The highest BCUT2D eigenvalue weighted by atomic mass is 35.5. The summed E-state index contributed by atoms with van der Waals surface area (Å²) in [6, 6.07) is 18.6. The van der Waals surface area contributed by atoms with Crippen molar-refractivity contribution in [2.75, 3.05) is 0 Å². The highest BCUT2D eigenvalue weighted by Gasteiger charge is 2.14. The Morgan fingerprint density at radius 1 is 1.00 bits per heavy atom. The van der Waals surface area contributed by atoms with Gasteiger partial charge in [0.15, 0.2) is 11.3 Å². The number of hydrogen-bond acceptors (Lipinski definition) is 6. The maximum Gasteiger partial charge on any atom is 0.354 e. The average molecular weight is 519 g/mol. The summed E-state index contributed by atoms with van der Waals surface area (Å²) in [6.07, 6.45) is 1.64. The molecule has 3 heterocycles. The van der Waals surface area contributed by atoms with E-state index in [-0.39, 0.29) is 18.9 Å². The largest absolute Gasteiger partial charge is 0.489 e. The van der Waals surface area contributed by atoms with E-state index in [1.807, 2.05) is 24.3 Å². The van der Waals surface area contributed by atoms with Crippen molar-refractivity contribution in [1.82, 2.24) is 19.5 Å². The summed E-state index contributed by atoms with van der Waals surface area (Å²) in [6.45, 7) is 0.180. The number of ether oxygens (including phenoxy) is 2. The quantitative estimate of drug-likeness (QED) is 0.282. The van der Waals surface area contributed by atoms with Crippen LogP contribution in [0.15, 0.2) is 72.9 Å². The molecule has 10 heteroatoms. The molecule has 186 valence electrons. The third-order valence-corrected chi connectivity index (χ3v) is 5.92. The molecule has 5 aromatic rings. The second-order valence-electron chi connectivity index (χ2n) is 8.16.